The second-order valence-corrected chi connectivity index (χ2v) is 4.36. The Kier molecular flexibility index (Phi) is 2.65. The zero-order chi connectivity index (χ0) is 10.1. The first kappa shape index (κ1) is 9.80. The van der Waals surface area contributed by atoms with Gasteiger partial charge in [-0.25, -0.2) is 0 Å². The zero-order valence-electron chi connectivity index (χ0n) is 7.58. The number of halogens is 1. The molecule has 0 saturated carbocycles. The minimum atomic E-state index is 0.202. The minimum absolute atomic E-state index is 0.202. The Morgan fingerprint density at radius 3 is 3.00 bits per heavy atom. The molecular formula is C10H9BrO2S. The maximum absolute atomic E-state index is 9.70. The van der Waals surface area contributed by atoms with Crippen LogP contribution in [0.2, 0.25) is 0 Å². The van der Waals surface area contributed by atoms with E-state index in [9.17, 15) is 5.11 Å². The van der Waals surface area contributed by atoms with Crippen molar-refractivity contribution in [1.82, 2.24) is 0 Å². The number of fused-ring (bicyclic) bond motifs is 1. The van der Waals surface area contributed by atoms with Crippen LogP contribution in [0.15, 0.2) is 17.5 Å². The molecule has 0 atom stereocenters. The largest absolute Gasteiger partial charge is 0.504 e. The molecule has 0 amide bonds. The van der Waals surface area contributed by atoms with E-state index < -0.39 is 0 Å². The van der Waals surface area contributed by atoms with Crippen molar-refractivity contribution in [3.8, 4) is 11.5 Å². The predicted molar refractivity (Wildman–Crippen MR) is 62.7 cm³/mol. The normalized spacial score (nSPS) is 10.7. The van der Waals surface area contributed by atoms with Crippen LogP contribution in [0.1, 0.15) is 5.56 Å². The van der Waals surface area contributed by atoms with E-state index in [0.717, 1.165) is 15.6 Å². The number of methoxy groups -OCH3 is 1. The SMILES string of the molecule is COc1c(O)cc2ccsc2c1CBr. The Morgan fingerprint density at radius 2 is 2.36 bits per heavy atom. The number of ether oxygens (including phenoxy) is 1. The van der Waals surface area contributed by atoms with Gasteiger partial charge in [-0.15, -0.1) is 11.3 Å². The molecule has 1 heterocycles. The van der Waals surface area contributed by atoms with Crippen LogP contribution in [0.3, 0.4) is 0 Å². The Hall–Kier alpha value is -0.740. The lowest BCUT2D eigenvalue weighted by Gasteiger charge is -2.09. The third kappa shape index (κ3) is 1.38. The van der Waals surface area contributed by atoms with Crippen molar-refractivity contribution in [2.24, 2.45) is 0 Å². The summed E-state index contributed by atoms with van der Waals surface area (Å²) in [5, 5.41) is 13.4. The van der Waals surface area contributed by atoms with Gasteiger partial charge in [0, 0.05) is 15.6 Å². The van der Waals surface area contributed by atoms with Crippen molar-refractivity contribution in [1.29, 1.82) is 0 Å². The van der Waals surface area contributed by atoms with Crippen molar-refractivity contribution < 1.29 is 9.84 Å². The monoisotopic (exact) mass is 272 g/mol. The fourth-order valence-corrected chi connectivity index (χ4v) is 3.14. The van der Waals surface area contributed by atoms with Gasteiger partial charge in [0.25, 0.3) is 0 Å². The van der Waals surface area contributed by atoms with Crippen molar-refractivity contribution in [2.45, 2.75) is 5.33 Å². The third-order valence-electron chi connectivity index (χ3n) is 2.11. The Morgan fingerprint density at radius 1 is 1.57 bits per heavy atom. The molecule has 0 radical (unpaired) electrons. The quantitative estimate of drug-likeness (QED) is 0.848. The maximum Gasteiger partial charge on any atom is 0.165 e. The summed E-state index contributed by atoms with van der Waals surface area (Å²) in [6.07, 6.45) is 0. The highest BCUT2D eigenvalue weighted by Crippen LogP contribution is 2.40. The van der Waals surface area contributed by atoms with Crippen molar-refractivity contribution in [3.63, 3.8) is 0 Å². The van der Waals surface area contributed by atoms with Crippen LogP contribution in [0.5, 0.6) is 11.5 Å². The fraction of sp³-hybridized carbons (Fsp3) is 0.200. The lowest BCUT2D eigenvalue weighted by Crippen LogP contribution is -1.90. The molecule has 4 heteroatoms. The second-order valence-electron chi connectivity index (χ2n) is 2.88. The molecule has 2 rings (SSSR count). The van der Waals surface area contributed by atoms with Crippen molar-refractivity contribution in [3.05, 3.63) is 23.1 Å². The van der Waals surface area contributed by atoms with Crippen LogP contribution >= 0.6 is 27.3 Å². The van der Waals surface area contributed by atoms with Gasteiger partial charge < -0.3 is 9.84 Å². The Balaban J connectivity index is 2.82. The number of hydrogen-bond donors (Lipinski definition) is 1. The molecule has 1 N–H and O–H groups in total. The highest BCUT2D eigenvalue weighted by molar-refractivity contribution is 9.08. The van der Waals surface area contributed by atoms with Crippen LogP contribution < -0.4 is 4.74 Å². The molecule has 0 aliphatic carbocycles. The number of phenolic OH excluding ortho intramolecular Hbond substituents is 1. The Bertz CT molecular complexity index is 464. The van der Waals surface area contributed by atoms with Crippen LogP contribution in [0.4, 0.5) is 0 Å². The van der Waals surface area contributed by atoms with E-state index in [1.165, 1.54) is 0 Å². The Labute approximate surface area is 94.3 Å². The van der Waals surface area contributed by atoms with Crippen LogP contribution in [-0.2, 0) is 5.33 Å². The molecule has 0 aliphatic heterocycles. The van der Waals surface area contributed by atoms with Crippen LogP contribution in [0, 0.1) is 0 Å². The van der Waals surface area contributed by atoms with Gasteiger partial charge in [0.05, 0.1) is 7.11 Å². The minimum Gasteiger partial charge on any atom is -0.504 e. The molecule has 0 fully saturated rings. The number of alkyl halides is 1. The van der Waals surface area contributed by atoms with Gasteiger partial charge in [-0.2, -0.15) is 0 Å². The number of rotatable bonds is 2. The second kappa shape index (κ2) is 3.79. The lowest BCUT2D eigenvalue weighted by molar-refractivity contribution is 0.372. The summed E-state index contributed by atoms with van der Waals surface area (Å²) >= 11 is 5.06. The third-order valence-corrected chi connectivity index (χ3v) is 3.66. The molecule has 2 nitrogen and oxygen atoms in total. The molecule has 2 aromatic rings. The number of aromatic hydroxyl groups is 1. The van der Waals surface area contributed by atoms with E-state index in [1.807, 2.05) is 11.4 Å². The molecule has 14 heavy (non-hydrogen) atoms. The van der Waals surface area contributed by atoms with Gasteiger partial charge >= 0.3 is 0 Å². The highest BCUT2D eigenvalue weighted by atomic mass is 79.9. The van der Waals surface area contributed by atoms with Crippen LogP contribution in [0.25, 0.3) is 10.1 Å². The summed E-state index contributed by atoms with van der Waals surface area (Å²) in [6.45, 7) is 0. The van der Waals surface area contributed by atoms with E-state index in [0.29, 0.717) is 11.1 Å². The van der Waals surface area contributed by atoms with E-state index in [-0.39, 0.29) is 5.75 Å². The summed E-state index contributed by atoms with van der Waals surface area (Å²) in [5.74, 6) is 0.768. The number of benzene rings is 1. The van der Waals surface area contributed by atoms with E-state index in [2.05, 4.69) is 15.9 Å². The lowest BCUT2D eigenvalue weighted by atomic mass is 10.1. The summed E-state index contributed by atoms with van der Waals surface area (Å²) in [5.41, 5.74) is 1.01. The number of hydrogen-bond acceptors (Lipinski definition) is 3. The number of thiophene rings is 1. The van der Waals surface area contributed by atoms with E-state index in [1.54, 1.807) is 24.5 Å². The molecule has 0 saturated heterocycles. The molecular weight excluding hydrogens is 264 g/mol. The smallest absolute Gasteiger partial charge is 0.165 e. The summed E-state index contributed by atoms with van der Waals surface area (Å²) in [6, 6.07) is 3.72. The van der Waals surface area contributed by atoms with Gasteiger partial charge in [0.1, 0.15) is 0 Å². The molecule has 0 spiro atoms. The fourth-order valence-electron chi connectivity index (χ4n) is 1.50. The molecule has 0 aliphatic rings. The summed E-state index contributed by atoms with van der Waals surface area (Å²) < 4.78 is 6.33. The van der Waals surface area contributed by atoms with E-state index in [4.69, 9.17) is 4.74 Å². The van der Waals surface area contributed by atoms with Gasteiger partial charge in [-0.3, -0.25) is 0 Å². The van der Waals surface area contributed by atoms with Gasteiger partial charge in [0.15, 0.2) is 11.5 Å². The first-order chi connectivity index (χ1) is 6.77. The number of phenols is 1. The maximum atomic E-state index is 9.70. The molecule has 1 aromatic carbocycles. The van der Waals surface area contributed by atoms with Crippen molar-refractivity contribution in [2.75, 3.05) is 7.11 Å². The molecule has 1 aromatic heterocycles. The van der Waals surface area contributed by atoms with Gasteiger partial charge in [0.2, 0.25) is 0 Å². The standard InChI is InChI=1S/C10H9BrO2S/c1-13-9-7(5-11)10-6(2-3-14-10)4-8(9)12/h2-4,12H,5H2,1H3. The first-order valence-corrected chi connectivity index (χ1v) is 6.10. The van der Waals surface area contributed by atoms with Crippen molar-refractivity contribution >= 4 is 37.4 Å². The molecule has 74 valence electrons. The average Bonchev–Trinajstić information content (AvgIpc) is 2.62. The average molecular weight is 273 g/mol. The molecule has 0 unspecified atom stereocenters. The molecule has 0 bridgehead atoms. The topological polar surface area (TPSA) is 29.5 Å². The first-order valence-electron chi connectivity index (χ1n) is 4.10. The van der Waals surface area contributed by atoms with Crippen LogP contribution in [-0.4, -0.2) is 12.2 Å². The highest BCUT2D eigenvalue weighted by Gasteiger charge is 2.13. The van der Waals surface area contributed by atoms with Gasteiger partial charge in [-0.05, 0) is 22.9 Å². The zero-order valence-corrected chi connectivity index (χ0v) is 9.98. The predicted octanol–water partition coefficient (Wildman–Crippen LogP) is 3.51. The van der Waals surface area contributed by atoms with E-state index >= 15 is 0 Å². The van der Waals surface area contributed by atoms with Gasteiger partial charge in [-0.1, -0.05) is 15.9 Å². The summed E-state index contributed by atoms with van der Waals surface area (Å²) in [4.78, 5) is 0. The summed E-state index contributed by atoms with van der Waals surface area (Å²) in [7, 11) is 1.57.